The van der Waals surface area contributed by atoms with Crippen LogP contribution in [0.2, 0.25) is 0 Å². The summed E-state index contributed by atoms with van der Waals surface area (Å²) in [6, 6.07) is 21.9. The molecule has 0 radical (unpaired) electrons. The van der Waals surface area contributed by atoms with Gasteiger partial charge in [0.25, 0.3) is 5.91 Å². The third-order valence-corrected chi connectivity index (χ3v) is 5.42. The van der Waals surface area contributed by atoms with Crippen LogP contribution < -0.4 is 0 Å². The number of likely N-dealkylation sites (tertiary alicyclic amines) is 1. The maximum absolute atomic E-state index is 12.9. The van der Waals surface area contributed by atoms with Crippen molar-refractivity contribution in [2.75, 3.05) is 13.1 Å². The molecule has 0 bridgehead atoms. The minimum Gasteiger partial charge on any atom is -0.336 e. The van der Waals surface area contributed by atoms with Gasteiger partial charge in [-0.05, 0) is 42.8 Å². The van der Waals surface area contributed by atoms with E-state index in [-0.39, 0.29) is 11.9 Å². The van der Waals surface area contributed by atoms with Crippen molar-refractivity contribution >= 4 is 5.91 Å². The number of nitrogens with zero attached hydrogens (tertiary/aromatic N) is 5. The monoisotopic (exact) mass is 383 g/mol. The van der Waals surface area contributed by atoms with Gasteiger partial charge in [0.15, 0.2) is 0 Å². The van der Waals surface area contributed by atoms with Gasteiger partial charge in [-0.3, -0.25) is 4.79 Å². The second-order valence-electron chi connectivity index (χ2n) is 7.28. The summed E-state index contributed by atoms with van der Waals surface area (Å²) in [4.78, 5) is 14.8. The Bertz CT molecular complexity index is 1100. The predicted molar refractivity (Wildman–Crippen MR) is 111 cm³/mol. The van der Waals surface area contributed by atoms with Crippen LogP contribution >= 0.6 is 0 Å². The largest absolute Gasteiger partial charge is 0.336 e. The van der Waals surface area contributed by atoms with Crippen molar-refractivity contribution in [3.8, 4) is 16.9 Å². The van der Waals surface area contributed by atoms with Crippen LogP contribution in [0.1, 0.15) is 22.8 Å². The normalized spacial score (nSPS) is 16.3. The molecule has 144 valence electrons. The third-order valence-electron chi connectivity index (χ3n) is 5.42. The number of amides is 1. The molecule has 1 saturated heterocycles. The van der Waals surface area contributed by atoms with Gasteiger partial charge in [0, 0.05) is 42.3 Å². The molecule has 6 heteroatoms. The molecule has 1 aliphatic rings. The number of aromatic nitrogens is 4. The summed E-state index contributed by atoms with van der Waals surface area (Å²) in [5.41, 5.74) is 3.66. The van der Waals surface area contributed by atoms with E-state index in [9.17, 15) is 4.79 Å². The van der Waals surface area contributed by atoms with E-state index in [4.69, 9.17) is 0 Å². The van der Waals surface area contributed by atoms with E-state index in [0.717, 1.165) is 29.9 Å². The van der Waals surface area contributed by atoms with Crippen LogP contribution in [-0.4, -0.2) is 43.5 Å². The molecule has 0 unspecified atom stereocenters. The average molecular weight is 383 g/mol. The molecule has 1 aliphatic heterocycles. The first-order valence-electron chi connectivity index (χ1n) is 9.78. The quantitative estimate of drug-likeness (QED) is 0.538. The van der Waals surface area contributed by atoms with Crippen LogP contribution in [0.4, 0.5) is 0 Å². The first kappa shape index (κ1) is 17.4. The molecular formula is C23H21N5O. The maximum Gasteiger partial charge on any atom is 0.253 e. The first-order chi connectivity index (χ1) is 14.3. The molecule has 6 nitrogen and oxygen atoms in total. The summed E-state index contributed by atoms with van der Waals surface area (Å²) >= 11 is 0. The summed E-state index contributed by atoms with van der Waals surface area (Å²) in [5, 5.41) is 8.61. The Morgan fingerprint density at radius 3 is 2.45 bits per heavy atom. The van der Waals surface area contributed by atoms with Gasteiger partial charge in [-0.15, -0.1) is 5.10 Å². The molecule has 1 atom stereocenters. The lowest BCUT2D eigenvalue weighted by molar-refractivity contribution is 0.0787. The van der Waals surface area contributed by atoms with Crippen molar-refractivity contribution in [3.63, 3.8) is 0 Å². The highest BCUT2D eigenvalue weighted by molar-refractivity contribution is 5.94. The number of carbonyl (C=O) groups excluding carboxylic acids is 1. The number of rotatable bonds is 4. The lowest BCUT2D eigenvalue weighted by Gasteiger charge is -2.17. The number of hydrogen-bond donors (Lipinski definition) is 0. The Labute approximate surface area is 169 Å². The minimum atomic E-state index is 0.0648. The molecule has 0 aliphatic carbocycles. The molecule has 0 spiro atoms. The average Bonchev–Trinajstić information content (AvgIpc) is 3.55. The van der Waals surface area contributed by atoms with Gasteiger partial charge >= 0.3 is 0 Å². The van der Waals surface area contributed by atoms with Gasteiger partial charge < -0.3 is 9.47 Å². The van der Waals surface area contributed by atoms with Crippen molar-refractivity contribution < 1.29 is 4.79 Å². The highest BCUT2D eigenvalue weighted by Crippen LogP contribution is 2.25. The summed E-state index contributed by atoms with van der Waals surface area (Å²) in [5.74, 6) is 0.0648. The van der Waals surface area contributed by atoms with Crippen LogP contribution in [0.25, 0.3) is 16.9 Å². The second kappa shape index (κ2) is 7.39. The summed E-state index contributed by atoms with van der Waals surface area (Å²) < 4.78 is 3.92. The number of hydrogen-bond acceptors (Lipinski definition) is 3. The Balaban J connectivity index is 1.27. The van der Waals surface area contributed by atoms with E-state index in [1.54, 1.807) is 0 Å². The zero-order chi connectivity index (χ0) is 19.6. The van der Waals surface area contributed by atoms with Gasteiger partial charge in [-0.2, -0.15) is 0 Å². The molecule has 5 rings (SSSR count). The van der Waals surface area contributed by atoms with E-state index < -0.39 is 0 Å². The fourth-order valence-corrected chi connectivity index (χ4v) is 3.80. The minimum absolute atomic E-state index is 0.0648. The number of benzene rings is 2. The fraction of sp³-hybridized carbons (Fsp3) is 0.174. The van der Waals surface area contributed by atoms with Crippen LogP contribution in [0.5, 0.6) is 0 Å². The van der Waals surface area contributed by atoms with Crippen molar-refractivity contribution in [2.24, 2.45) is 0 Å². The van der Waals surface area contributed by atoms with Crippen molar-refractivity contribution in [3.05, 3.63) is 90.9 Å². The fourth-order valence-electron chi connectivity index (χ4n) is 3.80. The molecule has 3 heterocycles. The first-order valence-corrected chi connectivity index (χ1v) is 9.78. The third kappa shape index (κ3) is 3.45. The zero-order valence-electron chi connectivity index (χ0n) is 15.9. The van der Waals surface area contributed by atoms with Crippen LogP contribution in [-0.2, 0) is 0 Å². The lowest BCUT2D eigenvalue weighted by Crippen LogP contribution is -2.29. The zero-order valence-corrected chi connectivity index (χ0v) is 15.9. The van der Waals surface area contributed by atoms with E-state index in [0.29, 0.717) is 12.1 Å². The Hall–Kier alpha value is -3.67. The number of carbonyl (C=O) groups is 1. The predicted octanol–water partition coefficient (Wildman–Crippen LogP) is 3.82. The SMILES string of the molecule is O=C(c1ccc(-n2cccc2)cc1)N1CC[C@@H](n2cc(-c3ccccc3)nn2)C1. The molecule has 0 saturated carbocycles. The van der Waals surface area contributed by atoms with E-state index in [1.165, 1.54) is 0 Å². The van der Waals surface area contributed by atoms with Gasteiger partial charge in [0.2, 0.25) is 0 Å². The van der Waals surface area contributed by atoms with Gasteiger partial charge in [-0.1, -0.05) is 35.5 Å². The summed E-state index contributed by atoms with van der Waals surface area (Å²) in [7, 11) is 0. The highest BCUT2D eigenvalue weighted by Gasteiger charge is 2.29. The standard InChI is InChI=1S/C23H21N5O/c29-23(19-8-10-20(11-9-19)26-13-4-5-14-26)27-15-12-21(16-27)28-17-22(24-25-28)18-6-2-1-3-7-18/h1-11,13-14,17,21H,12,15-16H2/t21-/m1/s1. The van der Waals surface area contributed by atoms with Gasteiger partial charge in [0.1, 0.15) is 5.69 Å². The van der Waals surface area contributed by atoms with Crippen molar-refractivity contribution in [1.29, 1.82) is 0 Å². The highest BCUT2D eigenvalue weighted by atomic mass is 16.2. The molecule has 1 amide bonds. The molecular weight excluding hydrogens is 362 g/mol. The van der Waals surface area contributed by atoms with Crippen LogP contribution in [0, 0.1) is 0 Å². The molecule has 29 heavy (non-hydrogen) atoms. The topological polar surface area (TPSA) is 56.0 Å². The molecule has 4 aromatic rings. The lowest BCUT2D eigenvalue weighted by atomic mass is 10.2. The summed E-state index contributed by atoms with van der Waals surface area (Å²) in [6.45, 7) is 1.37. The molecule has 2 aromatic heterocycles. The molecule has 2 aromatic carbocycles. The Kier molecular flexibility index (Phi) is 4.44. The Morgan fingerprint density at radius 1 is 0.931 bits per heavy atom. The molecule has 1 fully saturated rings. The van der Waals surface area contributed by atoms with Crippen molar-refractivity contribution in [2.45, 2.75) is 12.5 Å². The maximum atomic E-state index is 12.9. The van der Waals surface area contributed by atoms with E-state index in [2.05, 4.69) is 10.3 Å². The van der Waals surface area contributed by atoms with E-state index in [1.807, 2.05) is 99.5 Å². The molecule has 0 N–H and O–H groups in total. The second-order valence-corrected chi connectivity index (χ2v) is 7.28. The van der Waals surface area contributed by atoms with Crippen LogP contribution in [0.3, 0.4) is 0 Å². The Morgan fingerprint density at radius 2 is 1.69 bits per heavy atom. The van der Waals surface area contributed by atoms with Crippen molar-refractivity contribution in [1.82, 2.24) is 24.5 Å². The van der Waals surface area contributed by atoms with Gasteiger partial charge in [0.05, 0.1) is 12.2 Å². The summed E-state index contributed by atoms with van der Waals surface area (Å²) in [6.07, 6.45) is 6.83. The smallest absolute Gasteiger partial charge is 0.253 e. The van der Waals surface area contributed by atoms with Gasteiger partial charge in [-0.25, -0.2) is 4.68 Å². The van der Waals surface area contributed by atoms with Crippen LogP contribution in [0.15, 0.2) is 85.3 Å². The van der Waals surface area contributed by atoms with E-state index >= 15 is 0 Å².